The lowest BCUT2D eigenvalue weighted by Crippen LogP contribution is -1.99. The van der Waals surface area contributed by atoms with Crippen LogP contribution in [-0.4, -0.2) is 29.1 Å². The van der Waals surface area contributed by atoms with Gasteiger partial charge < -0.3 is 0 Å². The van der Waals surface area contributed by atoms with Crippen LogP contribution in [0.4, 0.5) is 0 Å². The highest BCUT2D eigenvalue weighted by atomic mass is 32.2. The molecule has 2 aliphatic rings. The van der Waals surface area contributed by atoms with E-state index in [1.54, 1.807) is 24.2 Å². The summed E-state index contributed by atoms with van der Waals surface area (Å²) in [7, 11) is 0. The van der Waals surface area contributed by atoms with Crippen LogP contribution in [0.25, 0.3) is 11.4 Å². The topological polar surface area (TPSA) is 69.4 Å². The van der Waals surface area contributed by atoms with Gasteiger partial charge in [0.25, 0.3) is 0 Å². The number of rotatable bonds is 5. The minimum Gasteiger partial charge on any atom is -0.299 e. The summed E-state index contributed by atoms with van der Waals surface area (Å²) in [6.07, 6.45) is 8.41. The van der Waals surface area contributed by atoms with Crippen molar-refractivity contribution in [2.45, 2.75) is 47.1 Å². The van der Waals surface area contributed by atoms with Gasteiger partial charge in [-0.3, -0.25) is 9.55 Å². The number of hydrogen-bond donors (Lipinski definition) is 0. The van der Waals surface area contributed by atoms with Crippen molar-refractivity contribution in [1.29, 1.82) is 0 Å². The average molecular weight is 342 g/mol. The van der Waals surface area contributed by atoms with E-state index in [1.807, 2.05) is 12.1 Å². The van der Waals surface area contributed by atoms with Crippen molar-refractivity contribution >= 4 is 23.3 Å². The molecule has 0 aliphatic heterocycles. The van der Waals surface area contributed by atoms with Crippen molar-refractivity contribution < 1.29 is 0 Å². The van der Waals surface area contributed by atoms with Gasteiger partial charge in [0, 0.05) is 29.9 Å². The van der Waals surface area contributed by atoms with Crippen molar-refractivity contribution in [3.8, 4) is 11.4 Å². The molecular weight excluding hydrogens is 328 g/mol. The Hall–Kier alpha value is -1.80. The summed E-state index contributed by atoms with van der Waals surface area (Å²) in [6, 6.07) is 4.47. The Kier molecular flexibility index (Phi) is 3.19. The van der Waals surface area contributed by atoms with Crippen LogP contribution in [0.15, 0.2) is 34.0 Å². The van der Waals surface area contributed by atoms with Crippen molar-refractivity contribution in [1.82, 2.24) is 29.1 Å². The van der Waals surface area contributed by atoms with E-state index in [2.05, 4.69) is 29.1 Å². The number of pyridine rings is 1. The molecule has 116 valence electrons. The normalized spacial score (nSPS) is 17.6. The molecule has 2 saturated carbocycles. The summed E-state index contributed by atoms with van der Waals surface area (Å²) in [6.45, 7) is 0. The van der Waals surface area contributed by atoms with Crippen LogP contribution in [0.2, 0.25) is 0 Å². The predicted octanol–water partition coefficient (Wildman–Crippen LogP) is 3.56. The lowest BCUT2D eigenvalue weighted by molar-refractivity contribution is 0.669. The molecule has 5 rings (SSSR count). The van der Waals surface area contributed by atoms with Crippen LogP contribution in [0.3, 0.4) is 0 Å². The smallest absolute Gasteiger partial charge is 0.198 e. The van der Waals surface area contributed by atoms with Gasteiger partial charge in [-0.25, -0.2) is 4.98 Å². The lowest BCUT2D eigenvalue weighted by atomic mass is 10.2. The summed E-state index contributed by atoms with van der Waals surface area (Å²) in [5.41, 5.74) is 1.06. The Morgan fingerprint density at radius 3 is 2.65 bits per heavy atom. The third-order valence-corrected chi connectivity index (χ3v) is 5.79. The minimum absolute atomic E-state index is 0.506. The van der Waals surface area contributed by atoms with Gasteiger partial charge in [-0.1, -0.05) is 0 Å². The minimum atomic E-state index is 0.506. The van der Waals surface area contributed by atoms with Crippen LogP contribution < -0.4 is 0 Å². The first-order chi connectivity index (χ1) is 11.4. The molecule has 3 heterocycles. The molecule has 0 saturated heterocycles. The van der Waals surface area contributed by atoms with Gasteiger partial charge in [0.15, 0.2) is 15.3 Å². The zero-order valence-corrected chi connectivity index (χ0v) is 13.9. The van der Waals surface area contributed by atoms with E-state index < -0.39 is 0 Å². The second-order valence-corrected chi connectivity index (χ2v) is 7.90. The largest absolute Gasteiger partial charge is 0.299 e. The van der Waals surface area contributed by atoms with Gasteiger partial charge in [0.05, 0.1) is 0 Å². The maximum atomic E-state index is 4.65. The second kappa shape index (κ2) is 5.38. The van der Waals surface area contributed by atoms with E-state index in [1.165, 1.54) is 37.2 Å². The molecular formula is C15H14N6S2. The Balaban J connectivity index is 1.48. The van der Waals surface area contributed by atoms with E-state index in [-0.39, 0.29) is 0 Å². The fraction of sp³-hybridized carbons (Fsp3) is 0.400. The molecule has 0 spiro atoms. The summed E-state index contributed by atoms with van der Waals surface area (Å²) in [5.74, 6) is 2.52. The monoisotopic (exact) mass is 342 g/mol. The first kappa shape index (κ1) is 13.6. The van der Waals surface area contributed by atoms with Crippen molar-refractivity contribution in [3.63, 3.8) is 0 Å². The average Bonchev–Trinajstić information content (AvgIpc) is 3.52. The van der Waals surface area contributed by atoms with Crippen LogP contribution in [0, 0.1) is 0 Å². The first-order valence-electron chi connectivity index (χ1n) is 7.75. The first-order valence-corrected chi connectivity index (χ1v) is 9.34. The Labute approximate surface area is 141 Å². The fourth-order valence-electron chi connectivity index (χ4n) is 2.55. The molecule has 0 radical (unpaired) electrons. The van der Waals surface area contributed by atoms with Gasteiger partial charge in [0.1, 0.15) is 5.82 Å². The van der Waals surface area contributed by atoms with Gasteiger partial charge >= 0.3 is 0 Å². The Morgan fingerprint density at radius 2 is 1.91 bits per heavy atom. The third-order valence-electron chi connectivity index (χ3n) is 4.06. The van der Waals surface area contributed by atoms with Crippen molar-refractivity contribution in [3.05, 3.63) is 30.4 Å². The summed E-state index contributed by atoms with van der Waals surface area (Å²) >= 11 is 3.05. The summed E-state index contributed by atoms with van der Waals surface area (Å²) in [5, 5.41) is 9.75. The zero-order chi connectivity index (χ0) is 15.2. The van der Waals surface area contributed by atoms with Gasteiger partial charge in [-0.2, -0.15) is 4.37 Å². The zero-order valence-electron chi connectivity index (χ0n) is 12.3. The number of hydrogen-bond acceptors (Lipinski definition) is 7. The highest BCUT2D eigenvalue weighted by Gasteiger charge is 2.32. The lowest BCUT2D eigenvalue weighted by Gasteiger charge is -2.07. The maximum Gasteiger partial charge on any atom is 0.198 e. The number of aromatic nitrogens is 6. The van der Waals surface area contributed by atoms with Crippen LogP contribution >= 0.6 is 23.3 Å². The van der Waals surface area contributed by atoms with E-state index in [0.717, 1.165) is 26.7 Å². The standard InChI is InChI=1S/C15H14N6S2/c1-2-9(1)12-17-15(23-20-12)22-14-19-18-13(21(14)11-3-4-11)10-5-7-16-8-6-10/h5-9,11H,1-4H2. The van der Waals surface area contributed by atoms with E-state index in [4.69, 9.17) is 0 Å². The molecule has 3 aromatic heterocycles. The molecule has 0 N–H and O–H groups in total. The second-order valence-electron chi connectivity index (χ2n) is 5.94. The van der Waals surface area contributed by atoms with E-state index in [9.17, 15) is 0 Å². The Bertz CT molecular complexity index is 835. The van der Waals surface area contributed by atoms with Crippen LogP contribution in [0.5, 0.6) is 0 Å². The highest BCUT2D eigenvalue weighted by molar-refractivity contribution is 8.00. The molecule has 0 atom stereocenters. The van der Waals surface area contributed by atoms with E-state index in [0.29, 0.717) is 12.0 Å². The Morgan fingerprint density at radius 1 is 1.09 bits per heavy atom. The SMILES string of the molecule is c1cc(-c2nnc(Sc3nc(C4CC4)ns3)n2C2CC2)ccn1. The molecule has 2 fully saturated rings. The van der Waals surface area contributed by atoms with Gasteiger partial charge in [-0.15, -0.1) is 10.2 Å². The number of nitrogens with zero attached hydrogens (tertiary/aromatic N) is 6. The molecule has 3 aromatic rings. The van der Waals surface area contributed by atoms with Crippen molar-refractivity contribution in [2.75, 3.05) is 0 Å². The fourth-order valence-corrected chi connectivity index (χ4v) is 4.24. The molecule has 0 aromatic carbocycles. The predicted molar refractivity (Wildman–Crippen MR) is 87.5 cm³/mol. The molecule has 23 heavy (non-hydrogen) atoms. The van der Waals surface area contributed by atoms with E-state index >= 15 is 0 Å². The molecule has 0 unspecified atom stereocenters. The van der Waals surface area contributed by atoms with Crippen LogP contribution in [0.1, 0.15) is 43.5 Å². The van der Waals surface area contributed by atoms with Crippen molar-refractivity contribution in [2.24, 2.45) is 0 Å². The molecule has 2 aliphatic carbocycles. The molecule has 0 amide bonds. The van der Waals surface area contributed by atoms with Crippen LogP contribution in [-0.2, 0) is 0 Å². The highest BCUT2D eigenvalue weighted by Crippen LogP contribution is 2.44. The van der Waals surface area contributed by atoms with Gasteiger partial charge in [0.2, 0.25) is 0 Å². The molecule has 0 bridgehead atoms. The summed E-state index contributed by atoms with van der Waals surface area (Å²) in [4.78, 5) is 8.73. The summed E-state index contributed by atoms with van der Waals surface area (Å²) < 4.78 is 7.68. The molecule has 8 heteroatoms. The molecule has 6 nitrogen and oxygen atoms in total. The third kappa shape index (κ3) is 2.66. The maximum absolute atomic E-state index is 4.65. The van der Waals surface area contributed by atoms with Gasteiger partial charge in [-0.05, 0) is 61.1 Å². The quantitative estimate of drug-likeness (QED) is 0.706.